The molecule has 7 heteroatoms. The molecule has 3 N–H and O–H groups in total. The van der Waals surface area contributed by atoms with Crippen LogP contribution in [0.15, 0.2) is 48.5 Å². The molecule has 0 fully saturated rings. The summed E-state index contributed by atoms with van der Waals surface area (Å²) in [6.07, 6.45) is 0.831. The van der Waals surface area contributed by atoms with Crippen LogP contribution >= 0.6 is 0 Å². The third-order valence-corrected chi connectivity index (χ3v) is 3.81. The lowest BCUT2D eigenvalue weighted by atomic mass is 10.1. The Morgan fingerprint density at radius 3 is 2.60 bits per heavy atom. The van der Waals surface area contributed by atoms with Gasteiger partial charge < -0.3 is 16.0 Å². The number of rotatable bonds is 9. The van der Waals surface area contributed by atoms with Crippen molar-refractivity contribution in [3.63, 3.8) is 0 Å². The summed E-state index contributed by atoms with van der Waals surface area (Å²) >= 11 is 0. The molecule has 132 valence electrons. The molecule has 0 saturated heterocycles. The van der Waals surface area contributed by atoms with Gasteiger partial charge in [-0.3, -0.25) is 14.9 Å². The molecule has 0 bridgehead atoms. The number of anilines is 1. The van der Waals surface area contributed by atoms with Crippen molar-refractivity contribution in [2.45, 2.75) is 13.0 Å². The minimum Gasteiger partial charge on any atom is -0.379 e. The highest BCUT2D eigenvalue weighted by Crippen LogP contribution is 2.25. The van der Waals surface area contributed by atoms with E-state index in [0.29, 0.717) is 12.2 Å². The van der Waals surface area contributed by atoms with Gasteiger partial charge in [0.25, 0.3) is 5.69 Å². The summed E-state index contributed by atoms with van der Waals surface area (Å²) in [4.78, 5) is 24.0. The maximum atomic E-state index is 11.1. The standard InChI is InChI=1S/C18H22N4O3/c1-21(13-14-6-3-2-4-7-14)11-5-10-20-16-9-8-15(18(19)23)12-17(16)22(24)25/h2-4,6-9,12,20H,5,10-11,13H2,1H3,(H2,19,23). The highest BCUT2D eigenvalue weighted by molar-refractivity contribution is 5.94. The minimum atomic E-state index is -0.683. The largest absolute Gasteiger partial charge is 0.379 e. The Morgan fingerprint density at radius 2 is 1.96 bits per heavy atom. The van der Waals surface area contributed by atoms with Crippen LogP contribution in [0.25, 0.3) is 0 Å². The van der Waals surface area contributed by atoms with Crippen molar-refractivity contribution < 1.29 is 9.72 Å². The summed E-state index contributed by atoms with van der Waals surface area (Å²) in [5.74, 6) is -0.683. The first kappa shape index (κ1) is 18.4. The fraction of sp³-hybridized carbons (Fsp3) is 0.278. The summed E-state index contributed by atoms with van der Waals surface area (Å²) in [6, 6.07) is 14.4. The lowest BCUT2D eigenvalue weighted by molar-refractivity contribution is -0.384. The van der Waals surface area contributed by atoms with Gasteiger partial charge in [0.05, 0.1) is 4.92 Å². The summed E-state index contributed by atoms with van der Waals surface area (Å²) in [6.45, 7) is 2.30. The molecule has 2 aromatic carbocycles. The molecule has 1 amide bonds. The maximum absolute atomic E-state index is 11.1. The van der Waals surface area contributed by atoms with E-state index in [2.05, 4.69) is 22.3 Å². The average Bonchev–Trinajstić information content (AvgIpc) is 2.59. The molecule has 0 aliphatic carbocycles. The monoisotopic (exact) mass is 342 g/mol. The predicted molar refractivity (Wildman–Crippen MR) is 97.5 cm³/mol. The van der Waals surface area contributed by atoms with Crippen LogP contribution in [0.2, 0.25) is 0 Å². The van der Waals surface area contributed by atoms with E-state index in [9.17, 15) is 14.9 Å². The van der Waals surface area contributed by atoms with Crippen molar-refractivity contribution in [1.82, 2.24) is 4.90 Å². The molecule has 0 heterocycles. The van der Waals surface area contributed by atoms with Gasteiger partial charge in [0.15, 0.2) is 0 Å². The summed E-state index contributed by atoms with van der Waals surface area (Å²) in [5, 5.41) is 14.2. The van der Waals surface area contributed by atoms with Crippen LogP contribution in [0.5, 0.6) is 0 Å². The zero-order valence-electron chi connectivity index (χ0n) is 14.1. The van der Waals surface area contributed by atoms with Gasteiger partial charge in [0.1, 0.15) is 5.69 Å². The van der Waals surface area contributed by atoms with E-state index in [4.69, 9.17) is 5.73 Å². The lowest BCUT2D eigenvalue weighted by Crippen LogP contribution is -2.21. The minimum absolute atomic E-state index is 0.125. The Labute approximate surface area is 146 Å². The van der Waals surface area contributed by atoms with Crippen molar-refractivity contribution >= 4 is 17.3 Å². The summed E-state index contributed by atoms with van der Waals surface area (Å²) in [7, 11) is 2.04. The fourth-order valence-corrected chi connectivity index (χ4v) is 2.53. The molecule has 0 spiro atoms. The van der Waals surface area contributed by atoms with Gasteiger partial charge in [-0.25, -0.2) is 0 Å². The number of amides is 1. The molecule has 0 aliphatic rings. The third-order valence-electron chi connectivity index (χ3n) is 3.81. The Hall–Kier alpha value is -2.93. The Kier molecular flexibility index (Phi) is 6.47. The van der Waals surface area contributed by atoms with E-state index in [-0.39, 0.29) is 11.3 Å². The molecule has 2 rings (SSSR count). The van der Waals surface area contributed by atoms with E-state index in [1.165, 1.54) is 23.8 Å². The zero-order valence-corrected chi connectivity index (χ0v) is 14.1. The van der Waals surface area contributed by atoms with E-state index in [1.807, 2.05) is 25.2 Å². The van der Waals surface area contributed by atoms with Gasteiger partial charge in [0, 0.05) is 24.7 Å². The molecule has 7 nitrogen and oxygen atoms in total. The van der Waals surface area contributed by atoms with Gasteiger partial charge in [-0.2, -0.15) is 0 Å². The van der Waals surface area contributed by atoms with Crippen LogP contribution in [0.3, 0.4) is 0 Å². The van der Waals surface area contributed by atoms with E-state index < -0.39 is 10.8 Å². The quantitative estimate of drug-likeness (QED) is 0.414. The molecule has 0 aromatic heterocycles. The second kappa shape index (κ2) is 8.79. The van der Waals surface area contributed by atoms with Crippen molar-refractivity contribution in [3.05, 3.63) is 69.8 Å². The van der Waals surface area contributed by atoms with Crippen molar-refractivity contribution in [3.8, 4) is 0 Å². The zero-order chi connectivity index (χ0) is 18.2. The van der Waals surface area contributed by atoms with Crippen molar-refractivity contribution in [2.75, 3.05) is 25.5 Å². The Bertz CT molecular complexity index is 734. The highest BCUT2D eigenvalue weighted by Gasteiger charge is 2.16. The number of benzene rings is 2. The van der Waals surface area contributed by atoms with Gasteiger partial charge in [-0.05, 0) is 37.7 Å². The molecule has 0 aliphatic heterocycles. The maximum Gasteiger partial charge on any atom is 0.293 e. The van der Waals surface area contributed by atoms with Gasteiger partial charge in [-0.1, -0.05) is 30.3 Å². The average molecular weight is 342 g/mol. The Balaban J connectivity index is 1.85. The molecule has 0 saturated carbocycles. The Morgan fingerprint density at radius 1 is 1.24 bits per heavy atom. The fourth-order valence-electron chi connectivity index (χ4n) is 2.53. The second-order valence-electron chi connectivity index (χ2n) is 5.86. The van der Waals surface area contributed by atoms with Crippen LogP contribution < -0.4 is 11.1 Å². The van der Waals surface area contributed by atoms with Crippen LogP contribution in [-0.4, -0.2) is 35.9 Å². The number of nitro benzene ring substituents is 1. The van der Waals surface area contributed by atoms with Gasteiger partial charge in [-0.15, -0.1) is 0 Å². The smallest absolute Gasteiger partial charge is 0.293 e. The normalized spacial score (nSPS) is 10.6. The molecular weight excluding hydrogens is 320 g/mol. The third kappa shape index (κ3) is 5.58. The SMILES string of the molecule is CN(CCCNc1ccc(C(N)=O)cc1[N+](=O)[O-])Cc1ccccc1. The number of carbonyl (C=O) groups excluding carboxylic acids is 1. The number of nitrogens with one attached hydrogen (secondary N) is 1. The molecule has 0 unspecified atom stereocenters. The molecular formula is C18H22N4O3. The van der Waals surface area contributed by atoms with E-state index in [0.717, 1.165) is 19.5 Å². The molecule has 2 aromatic rings. The summed E-state index contributed by atoms with van der Waals surface area (Å²) < 4.78 is 0. The van der Waals surface area contributed by atoms with Crippen LogP contribution in [0.1, 0.15) is 22.3 Å². The van der Waals surface area contributed by atoms with Crippen LogP contribution in [0, 0.1) is 10.1 Å². The second-order valence-corrected chi connectivity index (χ2v) is 5.86. The number of nitro groups is 1. The molecule has 25 heavy (non-hydrogen) atoms. The number of primary amides is 1. The van der Waals surface area contributed by atoms with Crippen molar-refractivity contribution in [1.29, 1.82) is 0 Å². The first-order valence-corrected chi connectivity index (χ1v) is 8.02. The first-order chi connectivity index (χ1) is 12.0. The van der Waals surface area contributed by atoms with Gasteiger partial charge in [0.2, 0.25) is 5.91 Å². The topological polar surface area (TPSA) is 102 Å². The number of hydrogen-bond donors (Lipinski definition) is 2. The molecule has 0 radical (unpaired) electrons. The first-order valence-electron chi connectivity index (χ1n) is 8.02. The van der Waals surface area contributed by atoms with Crippen LogP contribution in [0.4, 0.5) is 11.4 Å². The lowest BCUT2D eigenvalue weighted by Gasteiger charge is -2.17. The number of carbonyl (C=O) groups is 1. The summed E-state index contributed by atoms with van der Waals surface area (Å²) in [5.41, 5.74) is 6.78. The highest BCUT2D eigenvalue weighted by atomic mass is 16.6. The van der Waals surface area contributed by atoms with Crippen LogP contribution in [-0.2, 0) is 6.54 Å². The molecule has 0 atom stereocenters. The predicted octanol–water partition coefficient (Wildman–Crippen LogP) is 2.63. The van der Waals surface area contributed by atoms with E-state index >= 15 is 0 Å². The van der Waals surface area contributed by atoms with Gasteiger partial charge >= 0.3 is 0 Å². The number of hydrogen-bond acceptors (Lipinski definition) is 5. The van der Waals surface area contributed by atoms with E-state index in [1.54, 1.807) is 0 Å². The number of nitrogens with zero attached hydrogens (tertiary/aromatic N) is 2. The number of nitrogens with two attached hydrogens (primary N) is 1. The van der Waals surface area contributed by atoms with Crippen molar-refractivity contribution in [2.24, 2.45) is 5.73 Å².